The molecule has 2 aromatic rings. The van der Waals surface area contributed by atoms with Crippen LogP contribution < -0.4 is 19.7 Å². The molecule has 0 bridgehead atoms. The third-order valence-corrected chi connectivity index (χ3v) is 5.53. The van der Waals surface area contributed by atoms with Crippen molar-refractivity contribution in [1.82, 2.24) is 5.32 Å². The number of ether oxygens (including phenoxy) is 2. The predicted molar refractivity (Wildman–Crippen MR) is 106 cm³/mol. The lowest BCUT2D eigenvalue weighted by Gasteiger charge is -2.34. The fourth-order valence-electron chi connectivity index (χ4n) is 4.14. The molecule has 2 aliphatic heterocycles. The first-order valence-corrected chi connectivity index (χ1v) is 9.84. The summed E-state index contributed by atoms with van der Waals surface area (Å²) in [7, 11) is 0. The summed E-state index contributed by atoms with van der Waals surface area (Å²) in [5.74, 6) is -1.30. The summed E-state index contributed by atoms with van der Waals surface area (Å²) in [5, 5.41) is 12.2. The highest BCUT2D eigenvalue weighted by Crippen LogP contribution is 2.39. The molecule has 0 spiro atoms. The standard InChI is InChI=1S/C22H23F2N3O2/c1-14-17-3-5-26-4-2-16(17)12-20-21(14)27(6-8-28-20)7-9-29-22-18(23)10-15(13-25)11-19(22)24/h10-12,26H,2-9H2,1H3. The lowest BCUT2D eigenvalue weighted by atomic mass is 9.94. The van der Waals surface area contributed by atoms with Crippen LogP contribution in [0, 0.1) is 29.9 Å². The third-order valence-electron chi connectivity index (χ3n) is 5.53. The Kier molecular flexibility index (Phi) is 5.54. The Hall–Kier alpha value is -2.85. The molecule has 2 aromatic carbocycles. The maximum absolute atomic E-state index is 14.0. The Labute approximate surface area is 168 Å². The SMILES string of the molecule is Cc1c2c(cc3c1N(CCOc1c(F)cc(C#N)cc1F)CCO3)CCNCC2. The summed E-state index contributed by atoms with van der Waals surface area (Å²) in [4.78, 5) is 2.16. The van der Waals surface area contributed by atoms with Crippen molar-refractivity contribution in [2.45, 2.75) is 19.8 Å². The van der Waals surface area contributed by atoms with Gasteiger partial charge in [-0.2, -0.15) is 5.26 Å². The summed E-state index contributed by atoms with van der Waals surface area (Å²) in [6, 6.07) is 5.83. The van der Waals surface area contributed by atoms with Crippen LogP contribution in [0.3, 0.4) is 0 Å². The molecule has 2 heterocycles. The summed E-state index contributed by atoms with van der Waals surface area (Å²) in [6.45, 7) is 5.88. The molecule has 0 saturated carbocycles. The van der Waals surface area contributed by atoms with Crippen LogP contribution in [0.2, 0.25) is 0 Å². The van der Waals surface area contributed by atoms with Gasteiger partial charge in [0.25, 0.3) is 0 Å². The summed E-state index contributed by atoms with van der Waals surface area (Å²) >= 11 is 0. The number of benzene rings is 2. The highest BCUT2D eigenvalue weighted by molar-refractivity contribution is 5.69. The number of halogens is 2. The van der Waals surface area contributed by atoms with Crippen molar-refractivity contribution in [2.75, 3.05) is 44.3 Å². The summed E-state index contributed by atoms with van der Waals surface area (Å²) < 4.78 is 39.4. The number of nitrogens with zero attached hydrogens (tertiary/aromatic N) is 2. The van der Waals surface area contributed by atoms with Crippen LogP contribution in [0.4, 0.5) is 14.5 Å². The van der Waals surface area contributed by atoms with Crippen LogP contribution in [-0.4, -0.2) is 39.4 Å². The second-order valence-corrected chi connectivity index (χ2v) is 7.30. The zero-order valence-electron chi connectivity index (χ0n) is 16.4. The molecule has 7 heteroatoms. The normalized spacial score (nSPS) is 15.6. The van der Waals surface area contributed by atoms with Crippen molar-refractivity contribution in [3.05, 3.63) is 52.1 Å². The molecular weight excluding hydrogens is 376 g/mol. The number of fused-ring (bicyclic) bond motifs is 2. The lowest BCUT2D eigenvalue weighted by Crippen LogP contribution is -2.36. The maximum atomic E-state index is 14.0. The Balaban J connectivity index is 1.52. The fourth-order valence-corrected chi connectivity index (χ4v) is 4.14. The van der Waals surface area contributed by atoms with E-state index in [0.717, 1.165) is 49.5 Å². The van der Waals surface area contributed by atoms with Crippen molar-refractivity contribution < 1.29 is 18.3 Å². The molecule has 0 fully saturated rings. The zero-order chi connectivity index (χ0) is 20.4. The highest BCUT2D eigenvalue weighted by Gasteiger charge is 2.25. The highest BCUT2D eigenvalue weighted by atomic mass is 19.1. The first-order chi connectivity index (χ1) is 14.1. The van der Waals surface area contributed by atoms with E-state index in [-0.39, 0.29) is 12.2 Å². The molecule has 0 atom stereocenters. The smallest absolute Gasteiger partial charge is 0.190 e. The molecule has 0 radical (unpaired) electrons. The van der Waals surface area contributed by atoms with Crippen LogP contribution in [0.25, 0.3) is 0 Å². The molecule has 0 aliphatic carbocycles. The van der Waals surface area contributed by atoms with E-state index >= 15 is 0 Å². The second kappa shape index (κ2) is 8.26. The molecule has 4 rings (SSSR count). The van der Waals surface area contributed by atoms with E-state index in [0.29, 0.717) is 19.7 Å². The Morgan fingerprint density at radius 1 is 1.21 bits per heavy atom. The van der Waals surface area contributed by atoms with E-state index in [1.54, 1.807) is 6.07 Å². The van der Waals surface area contributed by atoms with Crippen LogP contribution >= 0.6 is 0 Å². The average Bonchev–Trinajstić information content (AvgIpc) is 2.95. The number of rotatable bonds is 4. The van der Waals surface area contributed by atoms with E-state index in [1.807, 2.05) is 0 Å². The molecule has 1 N–H and O–H groups in total. The van der Waals surface area contributed by atoms with Gasteiger partial charge < -0.3 is 19.7 Å². The lowest BCUT2D eigenvalue weighted by molar-refractivity contribution is 0.273. The molecule has 0 unspecified atom stereocenters. The molecule has 0 amide bonds. The maximum Gasteiger partial charge on any atom is 0.190 e. The van der Waals surface area contributed by atoms with Gasteiger partial charge in [0.2, 0.25) is 0 Å². The van der Waals surface area contributed by atoms with Gasteiger partial charge in [-0.15, -0.1) is 0 Å². The minimum absolute atomic E-state index is 0.0692. The van der Waals surface area contributed by atoms with Gasteiger partial charge in [0.1, 0.15) is 19.0 Å². The number of hydrogen-bond donors (Lipinski definition) is 1. The first kappa shape index (κ1) is 19.5. The minimum Gasteiger partial charge on any atom is -0.490 e. The first-order valence-electron chi connectivity index (χ1n) is 9.84. The van der Waals surface area contributed by atoms with Gasteiger partial charge in [0.05, 0.1) is 30.4 Å². The number of anilines is 1. The predicted octanol–water partition coefficient (Wildman–Crippen LogP) is 3.11. The van der Waals surface area contributed by atoms with Crippen LogP contribution in [-0.2, 0) is 12.8 Å². The average molecular weight is 399 g/mol. The van der Waals surface area contributed by atoms with Gasteiger partial charge in [0, 0.05) is 0 Å². The Morgan fingerprint density at radius 2 is 1.97 bits per heavy atom. The minimum atomic E-state index is -0.863. The molecule has 2 aliphatic rings. The van der Waals surface area contributed by atoms with Crippen molar-refractivity contribution in [3.63, 3.8) is 0 Å². The van der Waals surface area contributed by atoms with Crippen molar-refractivity contribution in [3.8, 4) is 17.6 Å². The summed E-state index contributed by atoms with van der Waals surface area (Å²) in [6.07, 6.45) is 1.95. The van der Waals surface area contributed by atoms with Crippen molar-refractivity contribution in [1.29, 1.82) is 5.26 Å². The quantitative estimate of drug-likeness (QED) is 0.856. The molecule has 152 valence electrons. The van der Waals surface area contributed by atoms with E-state index in [1.165, 1.54) is 16.7 Å². The molecule has 29 heavy (non-hydrogen) atoms. The summed E-state index contributed by atoms with van der Waals surface area (Å²) in [5.41, 5.74) is 4.86. The molecule has 0 aromatic heterocycles. The van der Waals surface area contributed by atoms with Gasteiger partial charge >= 0.3 is 0 Å². The molecule has 5 nitrogen and oxygen atoms in total. The molecule has 0 saturated heterocycles. The van der Waals surface area contributed by atoms with E-state index in [9.17, 15) is 8.78 Å². The van der Waals surface area contributed by atoms with Crippen molar-refractivity contribution in [2.24, 2.45) is 0 Å². The van der Waals surface area contributed by atoms with Gasteiger partial charge in [0.15, 0.2) is 17.4 Å². The zero-order valence-corrected chi connectivity index (χ0v) is 16.4. The Bertz CT molecular complexity index is 949. The van der Waals surface area contributed by atoms with Crippen LogP contribution in [0.5, 0.6) is 11.5 Å². The number of nitriles is 1. The van der Waals surface area contributed by atoms with Gasteiger partial charge in [-0.3, -0.25) is 0 Å². The fraction of sp³-hybridized carbons (Fsp3) is 0.409. The van der Waals surface area contributed by atoms with Crippen molar-refractivity contribution >= 4 is 5.69 Å². The van der Waals surface area contributed by atoms with E-state index < -0.39 is 17.4 Å². The van der Waals surface area contributed by atoms with Gasteiger partial charge in [-0.05, 0) is 67.7 Å². The molecular formula is C22H23F2N3O2. The third kappa shape index (κ3) is 3.85. The van der Waals surface area contributed by atoms with Gasteiger partial charge in [-0.1, -0.05) is 0 Å². The van der Waals surface area contributed by atoms with E-state index in [2.05, 4.69) is 23.2 Å². The van der Waals surface area contributed by atoms with Gasteiger partial charge in [-0.25, -0.2) is 8.78 Å². The van der Waals surface area contributed by atoms with Crippen LogP contribution in [0.15, 0.2) is 18.2 Å². The largest absolute Gasteiger partial charge is 0.490 e. The Morgan fingerprint density at radius 3 is 2.72 bits per heavy atom. The monoisotopic (exact) mass is 399 g/mol. The van der Waals surface area contributed by atoms with Crippen LogP contribution in [0.1, 0.15) is 22.3 Å². The number of nitrogens with one attached hydrogen (secondary N) is 1. The van der Waals surface area contributed by atoms with E-state index in [4.69, 9.17) is 14.7 Å². The topological polar surface area (TPSA) is 57.5 Å². The second-order valence-electron chi connectivity index (χ2n) is 7.30. The number of hydrogen-bond acceptors (Lipinski definition) is 5.